The largest absolute Gasteiger partial charge is 0.497 e. The fourth-order valence-electron chi connectivity index (χ4n) is 2.64. The topological polar surface area (TPSA) is 38.3 Å². The van der Waals surface area contributed by atoms with Crippen molar-refractivity contribution in [3.05, 3.63) is 60.2 Å². The highest BCUT2D eigenvalue weighted by molar-refractivity contribution is 6.54. The van der Waals surface area contributed by atoms with Crippen molar-refractivity contribution in [1.29, 1.82) is 0 Å². The van der Waals surface area contributed by atoms with Crippen molar-refractivity contribution in [2.24, 2.45) is 0 Å². The third-order valence-corrected chi connectivity index (χ3v) is 4.88. The Morgan fingerprint density at radius 1 is 1.14 bits per heavy atom. The average Bonchev–Trinajstić information content (AvgIpc) is 3.12. The second-order valence-corrected chi connectivity index (χ2v) is 6.82. The van der Waals surface area contributed by atoms with E-state index in [1.54, 1.807) is 19.2 Å². The van der Waals surface area contributed by atoms with Crippen LogP contribution in [0.5, 0.6) is 5.75 Å². The van der Waals surface area contributed by atoms with Gasteiger partial charge in [0.25, 0.3) is 0 Å². The van der Waals surface area contributed by atoms with Gasteiger partial charge in [-0.3, -0.25) is 4.79 Å². The Hall–Kier alpha value is -1.71. The van der Waals surface area contributed by atoms with Gasteiger partial charge >= 0.3 is 0 Å². The molecule has 1 saturated carbocycles. The number of benzene rings is 2. The van der Waals surface area contributed by atoms with E-state index in [1.165, 1.54) is 0 Å². The molecule has 3 nitrogen and oxygen atoms in total. The van der Waals surface area contributed by atoms with Gasteiger partial charge in [0, 0.05) is 18.2 Å². The molecule has 0 heterocycles. The number of rotatable bonds is 4. The number of halogens is 2. The van der Waals surface area contributed by atoms with E-state index in [9.17, 15) is 4.79 Å². The van der Waals surface area contributed by atoms with Crippen molar-refractivity contribution in [2.45, 2.75) is 16.2 Å². The van der Waals surface area contributed by atoms with Gasteiger partial charge in [-0.2, -0.15) is 0 Å². The Labute approximate surface area is 139 Å². The SMILES string of the molecule is COc1cccc(NC(=O)[C@]2(c3ccccc3)CC2(Cl)Cl)c1. The second-order valence-electron chi connectivity index (χ2n) is 5.34. The summed E-state index contributed by atoms with van der Waals surface area (Å²) in [7, 11) is 1.58. The lowest BCUT2D eigenvalue weighted by atomic mass is 9.94. The number of amides is 1. The summed E-state index contributed by atoms with van der Waals surface area (Å²) in [6, 6.07) is 16.6. The van der Waals surface area contributed by atoms with Gasteiger partial charge in [0.1, 0.15) is 15.5 Å². The molecule has 2 aromatic rings. The van der Waals surface area contributed by atoms with Gasteiger partial charge in [0.15, 0.2) is 0 Å². The zero-order chi connectivity index (χ0) is 15.8. The van der Waals surface area contributed by atoms with Crippen LogP contribution in [0.2, 0.25) is 0 Å². The van der Waals surface area contributed by atoms with Crippen LogP contribution >= 0.6 is 23.2 Å². The molecule has 0 saturated heterocycles. The Morgan fingerprint density at radius 3 is 2.41 bits per heavy atom. The van der Waals surface area contributed by atoms with Crippen molar-refractivity contribution in [1.82, 2.24) is 0 Å². The molecule has 0 spiro atoms. The summed E-state index contributed by atoms with van der Waals surface area (Å²) in [6.45, 7) is 0. The van der Waals surface area contributed by atoms with Crippen LogP contribution in [-0.2, 0) is 10.2 Å². The van der Waals surface area contributed by atoms with Crippen LogP contribution in [0, 0.1) is 0 Å². The number of hydrogen-bond acceptors (Lipinski definition) is 2. The summed E-state index contributed by atoms with van der Waals surface area (Å²) in [4.78, 5) is 12.8. The highest BCUT2D eigenvalue weighted by atomic mass is 35.5. The molecule has 0 unspecified atom stereocenters. The number of alkyl halides is 2. The number of ether oxygens (including phenoxy) is 1. The normalized spacial score (nSPS) is 22.0. The lowest BCUT2D eigenvalue weighted by Crippen LogP contribution is -2.32. The summed E-state index contributed by atoms with van der Waals surface area (Å²) in [5.74, 6) is 0.460. The molecular formula is C17H15Cl2NO2. The summed E-state index contributed by atoms with van der Waals surface area (Å²) in [5.41, 5.74) is 0.552. The van der Waals surface area contributed by atoms with E-state index in [4.69, 9.17) is 27.9 Å². The maximum Gasteiger partial charge on any atom is 0.238 e. The molecule has 5 heteroatoms. The standard InChI is InChI=1S/C17H15Cl2NO2/c1-22-14-9-5-8-13(10-14)20-15(21)16(11-17(16,18)19)12-6-3-2-4-7-12/h2-10H,11H2,1H3,(H,20,21)/t16-/m1/s1. The second kappa shape index (κ2) is 5.49. The molecule has 114 valence electrons. The fraction of sp³-hybridized carbons (Fsp3) is 0.235. The lowest BCUT2D eigenvalue weighted by Gasteiger charge is -2.18. The first kappa shape index (κ1) is 15.2. The minimum absolute atomic E-state index is 0.211. The molecule has 0 aliphatic heterocycles. The predicted octanol–water partition coefficient (Wildman–Crippen LogP) is 4.15. The van der Waals surface area contributed by atoms with Gasteiger partial charge in [-0.15, -0.1) is 23.2 Å². The van der Waals surface area contributed by atoms with E-state index in [0.717, 1.165) is 5.56 Å². The number of anilines is 1. The summed E-state index contributed by atoms with van der Waals surface area (Å²) < 4.78 is 4.07. The van der Waals surface area contributed by atoms with Crippen molar-refractivity contribution in [2.75, 3.05) is 12.4 Å². The fourth-order valence-corrected chi connectivity index (χ4v) is 3.43. The Bertz CT molecular complexity index is 703. The first-order valence-electron chi connectivity index (χ1n) is 6.88. The van der Waals surface area contributed by atoms with Gasteiger partial charge in [-0.05, 0) is 17.7 Å². The molecule has 1 aliphatic carbocycles. The van der Waals surface area contributed by atoms with E-state index >= 15 is 0 Å². The third kappa shape index (κ3) is 2.44. The third-order valence-electron chi connectivity index (χ3n) is 3.97. The zero-order valence-corrected chi connectivity index (χ0v) is 13.5. The predicted molar refractivity (Wildman–Crippen MR) is 88.8 cm³/mol. The minimum Gasteiger partial charge on any atom is -0.497 e. The number of methoxy groups -OCH3 is 1. The number of hydrogen-bond donors (Lipinski definition) is 1. The zero-order valence-electron chi connectivity index (χ0n) is 12.0. The molecule has 3 rings (SSSR count). The van der Waals surface area contributed by atoms with E-state index in [1.807, 2.05) is 42.5 Å². The van der Waals surface area contributed by atoms with Gasteiger partial charge < -0.3 is 10.1 Å². The van der Waals surface area contributed by atoms with Gasteiger partial charge in [-0.1, -0.05) is 36.4 Å². The Kier molecular flexibility index (Phi) is 3.79. The van der Waals surface area contributed by atoms with Gasteiger partial charge in [0.2, 0.25) is 5.91 Å². The van der Waals surface area contributed by atoms with Crippen LogP contribution in [0.15, 0.2) is 54.6 Å². The number of carbonyl (C=O) groups is 1. The van der Waals surface area contributed by atoms with Crippen molar-refractivity contribution in [3.8, 4) is 5.75 Å². The van der Waals surface area contributed by atoms with Gasteiger partial charge in [0.05, 0.1) is 7.11 Å². The molecule has 1 N–H and O–H groups in total. The molecule has 22 heavy (non-hydrogen) atoms. The molecular weight excluding hydrogens is 321 g/mol. The maximum absolute atomic E-state index is 12.8. The first-order valence-corrected chi connectivity index (χ1v) is 7.64. The number of carbonyl (C=O) groups excluding carboxylic acids is 1. The monoisotopic (exact) mass is 335 g/mol. The first-order chi connectivity index (χ1) is 10.5. The minimum atomic E-state index is -1.09. The Morgan fingerprint density at radius 2 is 1.82 bits per heavy atom. The lowest BCUT2D eigenvalue weighted by molar-refractivity contribution is -0.118. The highest BCUT2D eigenvalue weighted by Crippen LogP contribution is 2.65. The van der Waals surface area contributed by atoms with Crippen LogP contribution in [0.3, 0.4) is 0 Å². The Balaban J connectivity index is 1.89. The van der Waals surface area contributed by atoms with Crippen molar-refractivity contribution < 1.29 is 9.53 Å². The van der Waals surface area contributed by atoms with E-state index < -0.39 is 9.75 Å². The molecule has 0 aromatic heterocycles. The summed E-state index contributed by atoms with van der Waals surface area (Å²) >= 11 is 12.6. The average molecular weight is 336 g/mol. The molecule has 1 amide bonds. The summed E-state index contributed by atoms with van der Waals surface area (Å²) in [5, 5.41) is 2.89. The van der Waals surface area contributed by atoms with E-state index in [-0.39, 0.29) is 5.91 Å². The quantitative estimate of drug-likeness (QED) is 0.852. The highest BCUT2D eigenvalue weighted by Gasteiger charge is 2.72. The van der Waals surface area contributed by atoms with Crippen molar-refractivity contribution in [3.63, 3.8) is 0 Å². The number of nitrogens with one attached hydrogen (secondary N) is 1. The van der Waals surface area contributed by atoms with Crippen LogP contribution in [0.25, 0.3) is 0 Å². The van der Waals surface area contributed by atoms with Crippen molar-refractivity contribution >= 4 is 34.8 Å². The van der Waals surface area contributed by atoms with E-state index in [2.05, 4.69) is 5.32 Å². The molecule has 0 radical (unpaired) electrons. The summed E-state index contributed by atoms with van der Waals surface area (Å²) in [6.07, 6.45) is 0.392. The molecule has 1 atom stereocenters. The van der Waals surface area contributed by atoms with Gasteiger partial charge in [-0.25, -0.2) is 0 Å². The van der Waals surface area contributed by atoms with Crippen LogP contribution in [-0.4, -0.2) is 17.4 Å². The van der Waals surface area contributed by atoms with Crippen LogP contribution < -0.4 is 10.1 Å². The molecule has 1 fully saturated rings. The molecule has 0 bridgehead atoms. The van der Waals surface area contributed by atoms with E-state index in [0.29, 0.717) is 17.9 Å². The molecule has 2 aromatic carbocycles. The maximum atomic E-state index is 12.8. The van der Waals surface area contributed by atoms with Crippen LogP contribution in [0.1, 0.15) is 12.0 Å². The molecule has 1 aliphatic rings. The van der Waals surface area contributed by atoms with Crippen LogP contribution in [0.4, 0.5) is 5.69 Å². The smallest absolute Gasteiger partial charge is 0.238 e.